The van der Waals surface area contributed by atoms with Crippen LogP contribution >= 0.6 is 0 Å². The van der Waals surface area contributed by atoms with Gasteiger partial charge in [0.15, 0.2) is 0 Å². The van der Waals surface area contributed by atoms with E-state index in [0.717, 1.165) is 32.7 Å². The van der Waals surface area contributed by atoms with E-state index < -0.39 is 0 Å². The largest absolute Gasteiger partial charge is 0.297 e. The Bertz CT molecular complexity index is 843. The molecule has 0 N–H and O–H groups in total. The standard InChI is InChI=1S/C23H25N3O2/c27-22-18-21(23(28)26(22)20-11-5-2-6-12-20)25-16-14-24(15-17-25)13-7-10-19-8-3-1-4-9-19/h1-12,21H,13-18H2/b10-7+. The number of rotatable bonds is 5. The summed E-state index contributed by atoms with van der Waals surface area (Å²) >= 11 is 0. The molecule has 5 nitrogen and oxygen atoms in total. The van der Waals surface area contributed by atoms with Gasteiger partial charge in [0, 0.05) is 32.7 Å². The Kier molecular flexibility index (Phi) is 5.65. The van der Waals surface area contributed by atoms with Crippen molar-refractivity contribution in [3.05, 3.63) is 72.3 Å². The second-order valence-corrected chi connectivity index (χ2v) is 7.27. The van der Waals surface area contributed by atoms with E-state index in [1.54, 1.807) is 0 Å². The number of hydrogen-bond acceptors (Lipinski definition) is 4. The van der Waals surface area contributed by atoms with Gasteiger partial charge >= 0.3 is 0 Å². The van der Waals surface area contributed by atoms with Crippen LogP contribution in [0.1, 0.15) is 12.0 Å². The monoisotopic (exact) mass is 375 g/mol. The van der Waals surface area contributed by atoms with E-state index in [4.69, 9.17) is 0 Å². The van der Waals surface area contributed by atoms with E-state index >= 15 is 0 Å². The summed E-state index contributed by atoms with van der Waals surface area (Å²) in [5.74, 6) is -0.192. The maximum Gasteiger partial charge on any atom is 0.251 e. The molecule has 0 radical (unpaired) electrons. The fourth-order valence-corrected chi connectivity index (χ4v) is 3.91. The lowest BCUT2D eigenvalue weighted by atomic mass is 10.1. The highest BCUT2D eigenvalue weighted by atomic mass is 16.2. The molecule has 2 aliphatic heterocycles. The van der Waals surface area contributed by atoms with Crippen LogP contribution in [0, 0.1) is 0 Å². The van der Waals surface area contributed by atoms with Gasteiger partial charge in [-0.1, -0.05) is 60.7 Å². The third-order valence-corrected chi connectivity index (χ3v) is 5.46. The SMILES string of the molecule is O=C1CC(N2CCN(C/C=C/c3ccccc3)CC2)C(=O)N1c1ccccc1. The highest BCUT2D eigenvalue weighted by molar-refractivity contribution is 6.22. The van der Waals surface area contributed by atoms with Crippen LogP contribution in [0.4, 0.5) is 5.69 Å². The molecular formula is C23H25N3O2. The van der Waals surface area contributed by atoms with E-state index in [1.807, 2.05) is 48.5 Å². The lowest BCUT2D eigenvalue weighted by molar-refractivity contribution is -0.123. The number of nitrogens with zero attached hydrogens (tertiary/aromatic N) is 3. The summed E-state index contributed by atoms with van der Waals surface area (Å²) in [7, 11) is 0. The van der Waals surface area contributed by atoms with Crippen LogP contribution in [-0.4, -0.2) is 60.4 Å². The molecule has 2 amide bonds. The number of para-hydroxylation sites is 1. The summed E-state index contributed by atoms with van der Waals surface area (Å²) in [5.41, 5.74) is 1.88. The lowest BCUT2D eigenvalue weighted by Gasteiger charge is -2.36. The predicted octanol–water partition coefficient (Wildman–Crippen LogP) is 2.65. The third-order valence-electron chi connectivity index (χ3n) is 5.46. The van der Waals surface area contributed by atoms with Crippen molar-refractivity contribution in [3.63, 3.8) is 0 Å². The zero-order valence-corrected chi connectivity index (χ0v) is 15.9. The van der Waals surface area contributed by atoms with Crippen molar-refractivity contribution < 1.29 is 9.59 Å². The molecule has 0 aliphatic carbocycles. The van der Waals surface area contributed by atoms with Crippen LogP contribution in [0.15, 0.2) is 66.7 Å². The highest BCUT2D eigenvalue weighted by Gasteiger charge is 2.43. The van der Waals surface area contributed by atoms with E-state index in [-0.39, 0.29) is 24.3 Å². The third kappa shape index (κ3) is 4.06. The number of carbonyl (C=O) groups is 2. The molecule has 0 saturated carbocycles. The summed E-state index contributed by atoms with van der Waals surface area (Å²) in [6.45, 7) is 4.33. The van der Waals surface area contributed by atoms with Gasteiger partial charge < -0.3 is 0 Å². The molecule has 2 aliphatic rings. The van der Waals surface area contributed by atoms with Crippen LogP contribution in [0.2, 0.25) is 0 Å². The molecule has 2 aromatic rings. The Labute approximate surface area is 165 Å². The lowest BCUT2D eigenvalue weighted by Crippen LogP contribution is -2.52. The molecule has 1 unspecified atom stereocenters. The van der Waals surface area contributed by atoms with Gasteiger partial charge in [-0.25, -0.2) is 4.90 Å². The van der Waals surface area contributed by atoms with Crippen LogP contribution in [0.5, 0.6) is 0 Å². The minimum atomic E-state index is -0.324. The van der Waals surface area contributed by atoms with Gasteiger partial charge in [0.2, 0.25) is 5.91 Å². The Morgan fingerprint density at radius 1 is 0.857 bits per heavy atom. The summed E-state index contributed by atoms with van der Waals surface area (Å²) in [4.78, 5) is 31.2. The maximum absolute atomic E-state index is 12.9. The molecule has 0 aromatic heterocycles. The van der Waals surface area contributed by atoms with Gasteiger partial charge in [-0.15, -0.1) is 0 Å². The normalized spacial score (nSPS) is 21.7. The predicted molar refractivity (Wildman–Crippen MR) is 111 cm³/mol. The fourth-order valence-electron chi connectivity index (χ4n) is 3.91. The number of imide groups is 1. The van der Waals surface area contributed by atoms with Crippen molar-refractivity contribution in [2.45, 2.75) is 12.5 Å². The Morgan fingerprint density at radius 2 is 1.50 bits per heavy atom. The summed E-state index contributed by atoms with van der Waals surface area (Å²) in [6.07, 6.45) is 4.61. The minimum absolute atomic E-state index is 0.0892. The second kappa shape index (κ2) is 8.50. The number of carbonyl (C=O) groups excluding carboxylic acids is 2. The molecule has 28 heavy (non-hydrogen) atoms. The summed E-state index contributed by atoms with van der Waals surface area (Å²) in [5, 5.41) is 0. The zero-order valence-electron chi connectivity index (χ0n) is 15.9. The first-order valence-corrected chi connectivity index (χ1v) is 9.82. The van der Waals surface area contributed by atoms with Gasteiger partial charge in [0.1, 0.15) is 0 Å². The zero-order chi connectivity index (χ0) is 19.3. The Hall–Kier alpha value is -2.76. The van der Waals surface area contributed by atoms with Crippen LogP contribution < -0.4 is 4.90 Å². The molecule has 5 heteroatoms. The molecular weight excluding hydrogens is 350 g/mol. The van der Waals surface area contributed by atoms with Gasteiger partial charge in [-0.05, 0) is 17.7 Å². The molecule has 2 fully saturated rings. The first-order valence-electron chi connectivity index (χ1n) is 9.82. The maximum atomic E-state index is 12.9. The molecule has 0 bridgehead atoms. The van der Waals surface area contributed by atoms with E-state index in [0.29, 0.717) is 5.69 Å². The molecule has 144 valence electrons. The summed E-state index contributed by atoms with van der Waals surface area (Å²) in [6, 6.07) is 19.2. The number of piperazine rings is 1. The van der Waals surface area contributed by atoms with Crippen molar-refractivity contribution in [2.24, 2.45) is 0 Å². The first kappa shape index (κ1) is 18.6. The smallest absolute Gasteiger partial charge is 0.251 e. The molecule has 2 saturated heterocycles. The van der Waals surface area contributed by atoms with Gasteiger partial charge in [0.25, 0.3) is 5.91 Å². The van der Waals surface area contributed by atoms with Crippen LogP contribution in [0.3, 0.4) is 0 Å². The van der Waals surface area contributed by atoms with Crippen molar-refractivity contribution in [2.75, 3.05) is 37.6 Å². The van der Waals surface area contributed by atoms with E-state index in [1.165, 1.54) is 10.5 Å². The minimum Gasteiger partial charge on any atom is -0.297 e. The quantitative estimate of drug-likeness (QED) is 0.754. The second-order valence-electron chi connectivity index (χ2n) is 7.27. The topological polar surface area (TPSA) is 43.9 Å². The molecule has 1 atom stereocenters. The van der Waals surface area contributed by atoms with Crippen molar-refractivity contribution >= 4 is 23.6 Å². The fraction of sp³-hybridized carbons (Fsp3) is 0.304. The Morgan fingerprint density at radius 3 is 2.18 bits per heavy atom. The average molecular weight is 375 g/mol. The number of benzene rings is 2. The molecule has 2 aromatic carbocycles. The molecule has 0 spiro atoms. The number of anilines is 1. The Balaban J connectivity index is 1.31. The van der Waals surface area contributed by atoms with Gasteiger partial charge in [-0.2, -0.15) is 0 Å². The number of amides is 2. The highest BCUT2D eigenvalue weighted by Crippen LogP contribution is 2.26. The first-order chi connectivity index (χ1) is 13.7. The van der Waals surface area contributed by atoms with Gasteiger partial charge in [0.05, 0.1) is 18.2 Å². The average Bonchev–Trinajstić information content (AvgIpc) is 3.04. The van der Waals surface area contributed by atoms with E-state index in [9.17, 15) is 9.59 Å². The van der Waals surface area contributed by atoms with E-state index in [2.05, 4.69) is 34.1 Å². The number of hydrogen-bond donors (Lipinski definition) is 0. The molecule has 2 heterocycles. The molecule has 4 rings (SSSR count). The van der Waals surface area contributed by atoms with Crippen molar-refractivity contribution in [1.82, 2.24) is 9.80 Å². The van der Waals surface area contributed by atoms with Crippen molar-refractivity contribution in [3.8, 4) is 0 Å². The van der Waals surface area contributed by atoms with Crippen molar-refractivity contribution in [1.29, 1.82) is 0 Å². The summed E-state index contributed by atoms with van der Waals surface area (Å²) < 4.78 is 0. The van der Waals surface area contributed by atoms with Crippen LogP contribution in [0.25, 0.3) is 6.08 Å². The van der Waals surface area contributed by atoms with Crippen LogP contribution in [-0.2, 0) is 9.59 Å². The van der Waals surface area contributed by atoms with Gasteiger partial charge in [-0.3, -0.25) is 19.4 Å².